The van der Waals surface area contributed by atoms with Crippen LogP contribution in [-0.4, -0.2) is 62.4 Å². The van der Waals surface area contributed by atoms with Crippen molar-refractivity contribution in [3.63, 3.8) is 0 Å². The second-order valence-electron chi connectivity index (χ2n) is 5.08. The Morgan fingerprint density at radius 2 is 1.90 bits per heavy atom. The third-order valence-corrected chi connectivity index (χ3v) is 5.28. The summed E-state index contributed by atoms with van der Waals surface area (Å²) in [6.45, 7) is -0.297. The Morgan fingerprint density at radius 3 is 2.57 bits per heavy atom. The van der Waals surface area contributed by atoms with Gasteiger partial charge in [0, 0.05) is 5.56 Å². The molecular formula is C14H16N2O4S. The average molecular weight is 308 g/mol. The molecule has 21 heavy (non-hydrogen) atoms. The van der Waals surface area contributed by atoms with Crippen molar-refractivity contribution in [2.45, 2.75) is 28.7 Å². The van der Waals surface area contributed by atoms with Gasteiger partial charge in [-0.05, 0) is 0 Å². The van der Waals surface area contributed by atoms with Crippen molar-refractivity contribution in [2.24, 2.45) is 4.99 Å². The number of aliphatic hydroxyl groups excluding tert-OH is 3. The first-order chi connectivity index (χ1) is 10.1. The van der Waals surface area contributed by atoms with Gasteiger partial charge in [-0.2, -0.15) is 0 Å². The lowest BCUT2D eigenvalue weighted by atomic mass is 9.97. The third-order valence-electron chi connectivity index (χ3n) is 3.72. The van der Waals surface area contributed by atoms with Crippen molar-refractivity contribution in [2.75, 3.05) is 6.61 Å². The molecule has 2 aliphatic heterocycles. The van der Waals surface area contributed by atoms with Gasteiger partial charge in [0.1, 0.15) is 23.2 Å². The zero-order chi connectivity index (χ0) is 15.0. The molecule has 7 heteroatoms. The molecule has 1 fully saturated rings. The maximum Gasteiger partial charge on any atom is 0.240 e. The Bertz CT molecular complexity index is 565. The van der Waals surface area contributed by atoms with E-state index in [1.807, 2.05) is 30.3 Å². The van der Waals surface area contributed by atoms with Crippen LogP contribution in [0.1, 0.15) is 5.56 Å². The van der Waals surface area contributed by atoms with Gasteiger partial charge in [0.2, 0.25) is 5.91 Å². The first-order valence-corrected chi connectivity index (χ1v) is 7.62. The Morgan fingerprint density at radius 1 is 1.19 bits per heavy atom. The fourth-order valence-electron chi connectivity index (χ4n) is 2.57. The lowest BCUT2D eigenvalue weighted by Gasteiger charge is -2.41. The first-order valence-electron chi connectivity index (χ1n) is 6.68. The summed E-state index contributed by atoms with van der Waals surface area (Å²) < 4.78 is 0. The van der Waals surface area contributed by atoms with Gasteiger partial charge in [0.05, 0.1) is 18.0 Å². The van der Waals surface area contributed by atoms with E-state index in [1.54, 1.807) is 0 Å². The van der Waals surface area contributed by atoms with Gasteiger partial charge < -0.3 is 20.6 Å². The number of aliphatic hydroxyl groups is 3. The normalized spacial score (nSPS) is 35.7. The standard InChI is InChI=1S/C14H16N2O4S/c17-6-8-10(18)11(19)9-12(21-8)14(20)16-13(15-9)7-4-2-1-3-5-7/h1-5,8-12,17-19H,6H2,(H,15,16,20)/t8?,9?,10-,11-,12?/m1/s1. The van der Waals surface area contributed by atoms with Crippen LogP contribution in [0.25, 0.3) is 0 Å². The Hall–Kier alpha value is -1.41. The summed E-state index contributed by atoms with van der Waals surface area (Å²) in [5.74, 6) is 0.138. The maximum absolute atomic E-state index is 12.2. The van der Waals surface area contributed by atoms with Gasteiger partial charge in [0.25, 0.3) is 0 Å². The molecule has 0 saturated carbocycles. The molecule has 2 aliphatic rings. The van der Waals surface area contributed by atoms with Crippen LogP contribution in [0.2, 0.25) is 0 Å². The van der Waals surface area contributed by atoms with Gasteiger partial charge in [-0.25, -0.2) is 0 Å². The van der Waals surface area contributed by atoms with Gasteiger partial charge in [-0.15, -0.1) is 11.8 Å². The summed E-state index contributed by atoms with van der Waals surface area (Å²) in [5, 5.41) is 31.0. The van der Waals surface area contributed by atoms with E-state index in [0.29, 0.717) is 5.84 Å². The van der Waals surface area contributed by atoms with E-state index in [0.717, 1.165) is 17.3 Å². The number of nitrogens with zero attached hydrogens (tertiary/aromatic N) is 1. The molecule has 112 valence electrons. The summed E-state index contributed by atoms with van der Waals surface area (Å²) >= 11 is 1.15. The zero-order valence-electron chi connectivity index (χ0n) is 11.1. The van der Waals surface area contributed by atoms with E-state index < -0.39 is 28.7 Å². The largest absolute Gasteiger partial charge is 0.395 e. The topological polar surface area (TPSA) is 102 Å². The Labute approximate surface area is 125 Å². The van der Waals surface area contributed by atoms with E-state index in [9.17, 15) is 20.1 Å². The summed E-state index contributed by atoms with van der Waals surface area (Å²) in [6, 6.07) is 8.44. The number of carbonyl (C=O) groups is 1. The molecule has 6 nitrogen and oxygen atoms in total. The molecule has 0 radical (unpaired) electrons. The van der Waals surface area contributed by atoms with Crippen molar-refractivity contribution < 1.29 is 20.1 Å². The molecule has 2 heterocycles. The number of aliphatic imine (C=N–C) groups is 1. The monoisotopic (exact) mass is 308 g/mol. The minimum absolute atomic E-state index is 0.261. The van der Waals surface area contributed by atoms with Crippen molar-refractivity contribution in [1.82, 2.24) is 5.32 Å². The quantitative estimate of drug-likeness (QED) is 0.569. The van der Waals surface area contributed by atoms with Crippen molar-refractivity contribution in [3.05, 3.63) is 35.9 Å². The number of amidine groups is 1. The summed E-state index contributed by atoms with van der Waals surface area (Å²) in [7, 11) is 0. The fourth-order valence-corrected chi connectivity index (χ4v) is 3.92. The molecule has 0 bridgehead atoms. The number of rotatable bonds is 2. The van der Waals surface area contributed by atoms with Crippen LogP contribution in [0.15, 0.2) is 35.3 Å². The minimum atomic E-state index is -1.17. The second kappa shape index (κ2) is 5.76. The van der Waals surface area contributed by atoms with Crippen LogP contribution >= 0.6 is 11.8 Å². The molecule has 0 aliphatic carbocycles. The minimum Gasteiger partial charge on any atom is -0.395 e. The zero-order valence-corrected chi connectivity index (χ0v) is 11.9. The van der Waals surface area contributed by atoms with Gasteiger partial charge in [-0.3, -0.25) is 9.79 Å². The molecule has 4 N–H and O–H groups in total. The molecule has 1 aromatic rings. The Balaban J connectivity index is 1.93. The number of nitrogens with one attached hydrogen (secondary N) is 1. The van der Waals surface area contributed by atoms with Crippen LogP contribution in [0.3, 0.4) is 0 Å². The lowest BCUT2D eigenvalue weighted by Crippen LogP contribution is -2.60. The van der Waals surface area contributed by atoms with Crippen molar-refractivity contribution >= 4 is 23.5 Å². The highest BCUT2D eigenvalue weighted by Gasteiger charge is 2.48. The first kappa shape index (κ1) is 14.5. The highest BCUT2D eigenvalue weighted by Crippen LogP contribution is 2.36. The molecular weight excluding hydrogens is 292 g/mol. The number of carbonyl (C=O) groups excluding carboxylic acids is 1. The van der Waals surface area contributed by atoms with Gasteiger partial charge in [-0.1, -0.05) is 30.3 Å². The van der Waals surface area contributed by atoms with E-state index in [1.165, 1.54) is 0 Å². The van der Waals surface area contributed by atoms with Crippen LogP contribution in [0, 0.1) is 0 Å². The van der Waals surface area contributed by atoms with Crippen molar-refractivity contribution in [3.8, 4) is 0 Å². The van der Waals surface area contributed by atoms with E-state index in [-0.39, 0.29) is 12.5 Å². The smallest absolute Gasteiger partial charge is 0.240 e. The molecule has 0 aromatic heterocycles. The number of amides is 1. The fraction of sp³-hybridized carbons (Fsp3) is 0.429. The van der Waals surface area contributed by atoms with Crippen LogP contribution in [-0.2, 0) is 4.79 Å². The molecule has 3 unspecified atom stereocenters. The average Bonchev–Trinajstić information content (AvgIpc) is 2.52. The number of fused-ring (bicyclic) bond motifs is 1. The van der Waals surface area contributed by atoms with Crippen LogP contribution in [0.5, 0.6) is 0 Å². The van der Waals surface area contributed by atoms with Gasteiger partial charge >= 0.3 is 0 Å². The lowest BCUT2D eigenvalue weighted by molar-refractivity contribution is -0.121. The number of benzene rings is 1. The SMILES string of the molecule is O=C1NC(c2ccccc2)=NC2C1SC(CO)[C@@H](O)[C@@H]2O. The predicted molar refractivity (Wildman–Crippen MR) is 79.2 cm³/mol. The van der Waals surface area contributed by atoms with Gasteiger partial charge in [0.15, 0.2) is 0 Å². The number of thioether (sulfide) groups is 1. The maximum atomic E-state index is 12.2. The number of hydrogen-bond donors (Lipinski definition) is 4. The molecule has 1 aromatic carbocycles. The van der Waals surface area contributed by atoms with E-state index in [4.69, 9.17) is 0 Å². The highest BCUT2D eigenvalue weighted by molar-refractivity contribution is 8.01. The van der Waals surface area contributed by atoms with E-state index >= 15 is 0 Å². The number of hydrogen-bond acceptors (Lipinski definition) is 6. The highest BCUT2D eigenvalue weighted by atomic mass is 32.2. The van der Waals surface area contributed by atoms with Crippen molar-refractivity contribution in [1.29, 1.82) is 0 Å². The summed E-state index contributed by atoms with van der Waals surface area (Å²) in [5.41, 5.74) is 0.750. The van der Waals surface area contributed by atoms with Crippen LogP contribution in [0.4, 0.5) is 0 Å². The van der Waals surface area contributed by atoms with Crippen LogP contribution < -0.4 is 5.32 Å². The second-order valence-corrected chi connectivity index (χ2v) is 6.47. The molecule has 1 saturated heterocycles. The third kappa shape index (κ3) is 2.57. The summed E-state index contributed by atoms with van der Waals surface area (Å²) in [6.07, 6.45) is -2.27. The summed E-state index contributed by atoms with van der Waals surface area (Å²) in [4.78, 5) is 16.6. The molecule has 5 atom stereocenters. The van der Waals surface area contributed by atoms with E-state index in [2.05, 4.69) is 10.3 Å². The predicted octanol–water partition coefficient (Wildman–Crippen LogP) is -0.870. The Kier molecular flexibility index (Phi) is 3.99. The molecule has 0 spiro atoms. The molecule has 3 rings (SSSR count). The molecule has 1 amide bonds.